The molecule has 0 spiro atoms. The van der Waals surface area contributed by atoms with Gasteiger partial charge < -0.3 is 20.7 Å². The van der Waals surface area contributed by atoms with E-state index in [4.69, 9.17) is 15.7 Å². The molecule has 0 bridgehead atoms. The molecule has 1 fully saturated rings. The number of hydrogen-bond donors (Lipinski definition) is 2. The number of carbonyl (C=O) groups excluding carboxylic acids is 4. The largest absolute Gasteiger partial charge is 0.454 e. The lowest BCUT2D eigenvalue weighted by molar-refractivity contribution is -0.121. The number of anilines is 1. The highest BCUT2D eigenvalue weighted by Gasteiger charge is 2.33. The lowest BCUT2D eigenvalue weighted by Gasteiger charge is -2.27. The number of benzene rings is 1. The van der Waals surface area contributed by atoms with Crippen LogP contribution in [0.5, 0.6) is 0 Å². The number of ketones is 1. The topological polar surface area (TPSA) is 155 Å². The van der Waals surface area contributed by atoms with Gasteiger partial charge in [0.15, 0.2) is 11.8 Å². The first-order valence-corrected chi connectivity index (χ1v) is 11.7. The van der Waals surface area contributed by atoms with Gasteiger partial charge in [0.05, 0.1) is 5.56 Å². The number of esters is 1. The highest BCUT2D eigenvalue weighted by atomic mass is 32.2. The van der Waals surface area contributed by atoms with Gasteiger partial charge in [0.2, 0.25) is 11.7 Å². The standard InChI is InChI=1S/C23H25N5O5S/c1-14(25)17(12-24)18(29)13-33-22(32)15-5-7-16(8-6-15)26-20(30)11-19-21(31)27-23(34-19)28-9-3-2-4-10-28/h5-8,19H,2-4,9-11,13,25H2,1H3,(H,26,30)/b17-14-. The van der Waals surface area contributed by atoms with Crippen LogP contribution in [0, 0.1) is 11.3 Å². The van der Waals surface area contributed by atoms with Crippen molar-refractivity contribution in [2.24, 2.45) is 10.7 Å². The number of amidine groups is 1. The summed E-state index contributed by atoms with van der Waals surface area (Å²) < 4.78 is 4.93. The van der Waals surface area contributed by atoms with Crippen molar-refractivity contribution >= 4 is 46.2 Å². The van der Waals surface area contributed by atoms with E-state index in [1.807, 2.05) is 0 Å². The summed E-state index contributed by atoms with van der Waals surface area (Å²) >= 11 is 1.33. The second-order valence-electron chi connectivity index (χ2n) is 7.89. The molecule has 1 aromatic rings. The number of nitriles is 1. The number of Topliss-reactive ketones (excluding diaryl/α,β-unsaturated/α-hetero) is 1. The van der Waals surface area contributed by atoms with Gasteiger partial charge in [0.1, 0.15) is 16.9 Å². The lowest BCUT2D eigenvalue weighted by Crippen LogP contribution is -2.33. The average molecular weight is 484 g/mol. The number of likely N-dealkylation sites (tertiary alicyclic amines) is 1. The van der Waals surface area contributed by atoms with Crippen LogP contribution in [0.3, 0.4) is 0 Å². The Balaban J connectivity index is 1.48. The van der Waals surface area contributed by atoms with E-state index in [9.17, 15) is 19.2 Å². The van der Waals surface area contributed by atoms with Crippen LogP contribution < -0.4 is 11.1 Å². The molecule has 2 aliphatic rings. The first-order valence-electron chi connectivity index (χ1n) is 10.8. The number of piperidine rings is 1. The Morgan fingerprint density at radius 1 is 1.24 bits per heavy atom. The van der Waals surface area contributed by atoms with Crippen LogP contribution in [-0.4, -0.2) is 58.6 Å². The van der Waals surface area contributed by atoms with E-state index in [2.05, 4.69) is 15.2 Å². The van der Waals surface area contributed by atoms with Gasteiger partial charge in [-0.2, -0.15) is 10.3 Å². The molecular weight excluding hydrogens is 458 g/mol. The minimum atomic E-state index is -0.756. The van der Waals surface area contributed by atoms with Crippen LogP contribution in [0.1, 0.15) is 43.0 Å². The maximum absolute atomic E-state index is 12.4. The minimum Gasteiger partial charge on any atom is -0.454 e. The van der Waals surface area contributed by atoms with Crippen LogP contribution in [0.25, 0.3) is 0 Å². The first kappa shape index (κ1) is 25.0. The molecule has 10 nitrogen and oxygen atoms in total. The predicted molar refractivity (Wildman–Crippen MR) is 127 cm³/mol. The third-order valence-electron chi connectivity index (χ3n) is 5.25. The number of hydrogen-bond acceptors (Lipinski definition) is 9. The van der Waals surface area contributed by atoms with Gasteiger partial charge in [0, 0.05) is 30.9 Å². The summed E-state index contributed by atoms with van der Waals surface area (Å²) in [6.45, 7) is 2.56. The van der Waals surface area contributed by atoms with Crippen molar-refractivity contribution in [2.75, 3.05) is 25.0 Å². The number of allylic oxidation sites excluding steroid dienone is 1. The Bertz CT molecular complexity index is 1080. The normalized spacial score (nSPS) is 18.5. The Labute approximate surface area is 201 Å². The summed E-state index contributed by atoms with van der Waals surface area (Å²) in [4.78, 5) is 54.9. The fourth-order valence-corrected chi connectivity index (χ4v) is 4.57. The van der Waals surface area contributed by atoms with Crippen LogP contribution >= 0.6 is 11.8 Å². The molecular formula is C23H25N5O5S. The molecule has 1 aromatic carbocycles. The summed E-state index contributed by atoms with van der Waals surface area (Å²) in [7, 11) is 0. The van der Waals surface area contributed by atoms with Crippen LogP contribution in [0.2, 0.25) is 0 Å². The maximum atomic E-state index is 12.4. The number of thioether (sulfide) groups is 1. The highest BCUT2D eigenvalue weighted by Crippen LogP contribution is 2.29. The van der Waals surface area contributed by atoms with Crippen LogP contribution in [-0.2, 0) is 19.1 Å². The molecule has 0 aliphatic carbocycles. The summed E-state index contributed by atoms with van der Waals surface area (Å²) in [5.41, 5.74) is 5.86. The van der Waals surface area contributed by atoms with Gasteiger partial charge in [-0.05, 0) is 50.5 Å². The molecule has 1 unspecified atom stereocenters. The second-order valence-corrected chi connectivity index (χ2v) is 9.06. The zero-order chi connectivity index (χ0) is 24.7. The second kappa shape index (κ2) is 11.5. The van der Waals surface area contributed by atoms with E-state index >= 15 is 0 Å². The monoisotopic (exact) mass is 483 g/mol. The van der Waals surface area contributed by atoms with E-state index in [-0.39, 0.29) is 35.1 Å². The summed E-state index contributed by atoms with van der Waals surface area (Å²) in [6.07, 6.45) is 3.32. The third kappa shape index (κ3) is 6.45. The number of nitrogens with zero attached hydrogens (tertiary/aromatic N) is 3. The van der Waals surface area contributed by atoms with E-state index in [1.54, 1.807) is 6.07 Å². The van der Waals surface area contributed by atoms with Gasteiger partial charge in [0.25, 0.3) is 5.91 Å². The number of ether oxygens (including phenoxy) is 1. The summed E-state index contributed by atoms with van der Waals surface area (Å²) in [5.74, 6) is -2.08. The number of rotatable bonds is 7. The minimum absolute atomic E-state index is 0.00838. The fourth-order valence-electron chi connectivity index (χ4n) is 3.46. The number of carbonyl (C=O) groups is 4. The number of aliphatic imine (C=N–C) groups is 1. The Kier molecular flexibility index (Phi) is 8.43. The number of nitrogens with one attached hydrogen (secondary N) is 1. The summed E-state index contributed by atoms with van der Waals surface area (Å²) in [5, 5.41) is 11.8. The van der Waals surface area contributed by atoms with Crippen molar-refractivity contribution in [3.05, 3.63) is 41.1 Å². The lowest BCUT2D eigenvalue weighted by atomic mass is 10.1. The molecule has 0 radical (unpaired) electrons. The highest BCUT2D eigenvalue weighted by molar-refractivity contribution is 8.15. The predicted octanol–water partition coefficient (Wildman–Crippen LogP) is 1.98. The third-order valence-corrected chi connectivity index (χ3v) is 6.46. The van der Waals surface area contributed by atoms with Gasteiger partial charge in [-0.25, -0.2) is 4.79 Å². The van der Waals surface area contributed by atoms with Gasteiger partial charge >= 0.3 is 5.97 Å². The van der Waals surface area contributed by atoms with E-state index in [0.29, 0.717) is 10.9 Å². The average Bonchev–Trinajstić information content (AvgIpc) is 3.18. The van der Waals surface area contributed by atoms with Crippen molar-refractivity contribution in [3.63, 3.8) is 0 Å². The van der Waals surface area contributed by atoms with E-state index < -0.39 is 23.6 Å². The molecule has 0 aromatic heterocycles. The zero-order valence-electron chi connectivity index (χ0n) is 18.7. The van der Waals surface area contributed by atoms with Crippen molar-refractivity contribution in [2.45, 2.75) is 37.9 Å². The molecule has 2 aliphatic heterocycles. The molecule has 3 N–H and O–H groups in total. The molecule has 2 heterocycles. The first-order chi connectivity index (χ1) is 16.3. The SMILES string of the molecule is C/C(N)=C(\C#N)C(=O)COC(=O)c1ccc(NC(=O)CC2SC(N3CCCCC3)=NC2=O)cc1. The number of nitrogens with two attached hydrogens (primary N) is 1. The fraction of sp³-hybridized carbons (Fsp3) is 0.391. The Hall–Kier alpha value is -3.65. The van der Waals surface area contributed by atoms with Gasteiger partial charge in [-0.3, -0.25) is 14.4 Å². The van der Waals surface area contributed by atoms with Crippen LogP contribution in [0.4, 0.5) is 5.69 Å². The Morgan fingerprint density at radius 3 is 2.53 bits per heavy atom. The van der Waals surface area contributed by atoms with Crippen molar-refractivity contribution in [1.82, 2.24) is 4.90 Å². The molecule has 34 heavy (non-hydrogen) atoms. The van der Waals surface area contributed by atoms with Gasteiger partial charge in [-0.1, -0.05) is 11.8 Å². The van der Waals surface area contributed by atoms with Crippen molar-refractivity contribution in [1.29, 1.82) is 5.26 Å². The molecule has 11 heteroatoms. The zero-order valence-corrected chi connectivity index (χ0v) is 19.5. The molecule has 2 amide bonds. The molecule has 178 valence electrons. The number of amides is 2. The smallest absolute Gasteiger partial charge is 0.338 e. The summed E-state index contributed by atoms with van der Waals surface area (Å²) in [6, 6.07) is 7.58. The molecule has 1 saturated heterocycles. The van der Waals surface area contributed by atoms with Gasteiger partial charge in [-0.15, -0.1) is 0 Å². The van der Waals surface area contributed by atoms with Crippen molar-refractivity contribution < 1.29 is 23.9 Å². The van der Waals surface area contributed by atoms with Crippen molar-refractivity contribution in [3.8, 4) is 6.07 Å². The quantitative estimate of drug-likeness (QED) is 0.336. The molecule has 1 atom stereocenters. The van der Waals surface area contributed by atoms with E-state index in [1.165, 1.54) is 49.4 Å². The maximum Gasteiger partial charge on any atom is 0.338 e. The molecule has 3 rings (SSSR count). The van der Waals surface area contributed by atoms with Crippen LogP contribution in [0.15, 0.2) is 40.5 Å². The van der Waals surface area contributed by atoms with E-state index in [0.717, 1.165) is 25.9 Å². The molecule has 0 saturated carbocycles. The Morgan fingerprint density at radius 2 is 1.91 bits per heavy atom.